The third-order valence-corrected chi connectivity index (χ3v) is 4.95. The summed E-state index contributed by atoms with van der Waals surface area (Å²) >= 11 is 0.919. The summed E-state index contributed by atoms with van der Waals surface area (Å²) in [5.41, 5.74) is 0. The van der Waals surface area contributed by atoms with Crippen LogP contribution in [-0.2, 0) is 0 Å². The van der Waals surface area contributed by atoms with Crippen LogP contribution in [0.3, 0.4) is 0 Å². The minimum absolute atomic E-state index is 0.919. The van der Waals surface area contributed by atoms with Crippen LogP contribution in [0.4, 0.5) is 0 Å². The summed E-state index contributed by atoms with van der Waals surface area (Å²) in [5, 5.41) is 1.51. The molecule has 0 aromatic carbocycles. The zero-order valence-corrected chi connectivity index (χ0v) is 12.1. The molecule has 0 radical (unpaired) electrons. The molecule has 0 saturated carbocycles. The van der Waals surface area contributed by atoms with Crippen LogP contribution in [0.5, 0.6) is 0 Å². The Labute approximate surface area is 97.4 Å². The summed E-state index contributed by atoms with van der Waals surface area (Å²) in [4.78, 5) is 0.965. The molecule has 0 bridgehead atoms. The zero-order chi connectivity index (χ0) is 10.6. The Bertz CT molecular complexity index is 99.4. The molecule has 86 valence electrons. The van der Waals surface area contributed by atoms with Crippen molar-refractivity contribution in [2.75, 3.05) is 0 Å². The van der Waals surface area contributed by atoms with Gasteiger partial charge in [-0.15, -0.1) is 0 Å². The van der Waals surface area contributed by atoms with Crippen molar-refractivity contribution < 1.29 is 0 Å². The van der Waals surface area contributed by atoms with E-state index in [9.17, 15) is 0 Å². The van der Waals surface area contributed by atoms with Gasteiger partial charge >= 0.3 is 97.2 Å². The van der Waals surface area contributed by atoms with E-state index in [1.807, 2.05) is 0 Å². The van der Waals surface area contributed by atoms with Crippen LogP contribution >= 0.6 is 0 Å². The van der Waals surface area contributed by atoms with Crippen molar-refractivity contribution >= 4 is 15.0 Å². The molecular weight excluding hydrogens is 235 g/mol. The first-order valence-electron chi connectivity index (χ1n) is 6.39. The fourth-order valence-corrected chi connectivity index (χ4v) is 3.32. The molecule has 1 heteroatoms. The monoisotopic (exact) mass is 264 g/mol. The third kappa shape index (κ3) is 12.5. The summed E-state index contributed by atoms with van der Waals surface area (Å²) in [6.45, 7) is 6.99. The fourth-order valence-electron chi connectivity index (χ4n) is 1.55. The summed E-state index contributed by atoms with van der Waals surface area (Å²) in [7, 11) is 0. The molecule has 0 spiro atoms. The topological polar surface area (TPSA) is 0 Å². The zero-order valence-electron chi connectivity index (χ0n) is 10.3. The molecule has 0 fully saturated rings. The molecule has 0 saturated heterocycles. The Kier molecular flexibility index (Phi) is 12.0. The van der Waals surface area contributed by atoms with E-state index in [1.54, 1.807) is 0 Å². The molecule has 0 nitrogen and oxygen atoms in total. The summed E-state index contributed by atoms with van der Waals surface area (Å²) in [5.74, 6) is 0. The first-order chi connectivity index (χ1) is 6.77. The van der Waals surface area contributed by atoms with E-state index >= 15 is 0 Å². The van der Waals surface area contributed by atoms with Gasteiger partial charge in [-0.25, -0.2) is 0 Å². The maximum absolute atomic E-state index is 2.35. The van der Waals surface area contributed by atoms with E-state index in [1.165, 1.54) is 56.7 Å². The average molecular weight is 263 g/mol. The molecule has 0 aromatic rings. The molecule has 0 heterocycles. The van der Waals surface area contributed by atoms with Gasteiger partial charge in [-0.05, 0) is 0 Å². The van der Waals surface area contributed by atoms with Crippen LogP contribution in [0.25, 0.3) is 0 Å². The van der Waals surface area contributed by atoms with Gasteiger partial charge < -0.3 is 0 Å². The first kappa shape index (κ1) is 14.5. The Morgan fingerprint density at radius 3 is 1.79 bits per heavy atom. The molecule has 0 aliphatic rings. The summed E-state index contributed by atoms with van der Waals surface area (Å²) in [6.07, 6.45) is 11.7. The van der Waals surface area contributed by atoms with E-state index < -0.39 is 0 Å². The van der Waals surface area contributed by atoms with Crippen molar-refractivity contribution in [2.24, 2.45) is 0 Å². The van der Waals surface area contributed by atoms with Crippen LogP contribution < -0.4 is 0 Å². The third-order valence-electron chi connectivity index (χ3n) is 2.45. The summed E-state index contributed by atoms with van der Waals surface area (Å²) < 4.78 is 0. The molecule has 0 aromatic heterocycles. The predicted molar refractivity (Wildman–Crippen MR) is 68.3 cm³/mol. The molecule has 0 aliphatic carbocycles. The van der Waals surface area contributed by atoms with Gasteiger partial charge in [0.1, 0.15) is 0 Å². The van der Waals surface area contributed by atoms with E-state index in [-0.39, 0.29) is 0 Å². The number of unbranched alkanes of at least 4 members (excludes halogenated alkanes) is 7. The van der Waals surface area contributed by atoms with Crippen molar-refractivity contribution in [1.29, 1.82) is 0 Å². The van der Waals surface area contributed by atoms with Crippen LogP contribution in [0.1, 0.15) is 72.1 Å². The second-order valence-electron chi connectivity index (χ2n) is 4.39. The standard InChI is InChI=1S/C13H28Se/c1-4-5-6-7-8-9-10-11-12-14-13(2)3/h13H,4-12H2,1-3H3. The molecule has 0 atom stereocenters. The molecule has 14 heavy (non-hydrogen) atoms. The SMILES string of the molecule is CCCCCCCCCC[Se]C(C)C. The molecule has 0 unspecified atom stereocenters. The van der Waals surface area contributed by atoms with Gasteiger partial charge in [0, 0.05) is 0 Å². The second kappa shape index (κ2) is 11.6. The van der Waals surface area contributed by atoms with E-state index in [2.05, 4.69) is 20.8 Å². The summed E-state index contributed by atoms with van der Waals surface area (Å²) in [6, 6.07) is 0. The van der Waals surface area contributed by atoms with Crippen LogP contribution in [0.2, 0.25) is 10.1 Å². The number of rotatable bonds is 10. The van der Waals surface area contributed by atoms with Gasteiger partial charge in [0.15, 0.2) is 0 Å². The van der Waals surface area contributed by atoms with E-state index in [4.69, 9.17) is 0 Å². The normalized spacial score (nSPS) is 11.1. The second-order valence-corrected chi connectivity index (χ2v) is 7.93. The maximum atomic E-state index is 2.35. The Morgan fingerprint density at radius 2 is 1.29 bits per heavy atom. The number of hydrogen-bond acceptors (Lipinski definition) is 0. The van der Waals surface area contributed by atoms with Gasteiger partial charge in [0.2, 0.25) is 0 Å². The van der Waals surface area contributed by atoms with Crippen LogP contribution in [0, 0.1) is 0 Å². The molecule has 0 N–H and O–H groups in total. The average Bonchev–Trinajstić information content (AvgIpc) is 2.15. The van der Waals surface area contributed by atoms with Gasteiger partial charge in [0.25, 0.3) is 0 Å². The van der Waals surface area contributed by atoms with Crippen LogP contribution in [0.15, 0.2) is 0 Å². The van der Waals surface area contributed by atoms with Crippen molar-refractivity contribution in [1.82, 2.24) is 0 Å². The fraction of sp³-hybridized carbons (Fsp3) is 1.00. The van der Waals surface area contributed by atoms with Crippen LogP contribution in [-0.4, -0.2) is 15.0 Å². The molecule has 0 amide bonds. The molecule has 0 rings (SSSR count). The van der Waals surface area contributed by atoms with Gasteiger partial charge in [0.05, 0.1) is 0 Å². The van der Waals surface area contributed by atoms with Gasteiger partial charge in [-0.3, -0.25) is 0 Å². The Balaban J connectivity index is 2.85. The Hall–Kier alpha value is 0.519. The Morgan fingerprint density at radius 1 is 0.786 bits per heavy atom. The quantitative estimate of drug-likeness (QED) is 0.381. The molecule has 0 aliphatic heterocycles. The first-order valence-corrected chi connectivity index (χ1v) is 8.59. The van der Waals surface area contributed by atoms with Crippen molar-refractivity contribution in [3.8, 4) is 0 Å². The van der Waals surface area contributed by atoms with E-state index in [0.717, 1.165) is 19.8 Å². The van der Waals surface area contributed by atoms with Crippen molar-refractivity contribution in [2.45, 2.75) is 82.3 Å². The predicted octanol–water partition coefficient (Wildman–Crippen LogP) is 5.08. The minimum atomic E-state index is 0.919. The van der Waals surface area contributed by atoms with Gasteiger partial charge in [-0.2, -0.15) is 0 Å². The van der Waals surface area contributed by atoms with Crippen molar-refractivity contribution in [3.63, 3.8) is 0 Å². The van der Waals surface area contributed by atoms with Crippen molar-refractivity contribution in [3.05, 3.63) is 0 Å². The van der Waals surface area contributed by atoms with Gasteiger partial charge in [-0.1, -0.05) is 0 Å². The van der Waals surface area contributed by atoms with E-state index in [0.29, 0.717) is 0 Å². The molecular formula is C13H28Se. The number of hydrogen-bond donors (Lipinski definition) is 0.